The van der Waals surface area contributed by atoms with Gasteiger partial charge in [0.1, 0.15) is 0 Å². The number of hydrogen-bond acceptors (Lipinski definition) is 2. The number of halogens is 6. The summed E-state index contributed by atoms with van der Waals surface area (Å²) in [4.78, 5) is 16.9. The number of aromatic nitrogens is 1. The average Bonchev–Trinajstić information content (AvgIpc) is 2.77. The van der Waals surface area contributed by atoms with Crippen molar-refractivity contribution in [3.63, 3.8) is 0 Å². The standard InChI is InChI=1S/C24H14F6N2O/c25-23(26,27)18-7-3-1-5-15(18)14-9-10-21(19(13-14)24(28,29)30)32-22(33)17-11-12-31-20-8-4-2-6-16(17)20/h1-13H,(H,32,33). The van der Waals surface area contributed by atoms with Gasteiger partial charge < -0.3 is 5.32 Å². The zero-order valence-electron chi connectivity index (χ0n) is 16.6. The Morgan fingerprint density at radius 2 is 1.42 bits per heavy atom. The predicted octanol–water partition coefficient (Wildman–Crippen LogP) is 7.19. The number of nitrogens with zero attached hydrogens (tertiary/aromatic N) is 1. The van der Waals surface area contributed by atoms with Gasteiger partial charge in [0, 0.05) is 11.6 Å². The molecule has 0 aliphatic heterocycles. The first kappa shape index (κ1) is 22.3. The van der Waals surface area contributed by atoms with Crippen LogP contribution in [0.2, 0.25) is 0 Å². The lowest BCUT2D eigenvalue weighted by Gasteiger charge is -2.18. The lowest BCUT2D eigenvalue weighted by atomic mass is 9.96. The molecule has 1 amide bonds. The van der Waals surface area contributed by atoms with Gasteiger partial charge in [-0.1, -0.05) is 42.5 Å². The minimum atomic E-state index is -4.92. The first-order valence-electron chi connectivity index (χ1n) is 9.58. The molecule has 0 aliphatic carbocycles. The van der Waals surface area contributed by atoms with E-state index >= 15 is 0 Å². The van der Waals surface area contributed by atoms with E-state index < -0.39 is 40.6 Å². The van der Waals surface area contributed by atoms with E-state index in [0.717, 1.165) is 30.3 Å². The average molecular weight is 460 g/mol. The summed E-state index contributed by atoms with van der Waals surface area (Å²) in [6.45, 7) is 0. The molecule has 0 spiro atoms. The van der Waals surface area contributed by atoms with Gasteiger partial charge in [-0.15, -0.1) is 0 Å². The number of anilines is 1. The number of benzene rings is 3. The summed E-state index contributed by atoms with van der Waals surface area (Å²) in [5.74, 6) is -0.803. The first-order chi connectivity index (χ1) is 15.6. The van der Waals surface area contributed by atoms with Crippen LogP contribution in [0.5, 0.6) is 0 Å². The van der Waals surface area contributed by atoms with Crippen molar-refractivity contribution >= 4 is 22.5 Å². The molecule has 9 heteroatoms. The first-order valence-corrected chi connectivity index (χ1v) is 9.58. The van der Waals surface area contributed by atoms with Crippen molar-refractivity contribution in [1.82, 2.24) is 4.98 Å². The molecule has 4 rings (SSSR count). The summed E-state index contributed by atoms with van der Waals surface area (Å²) in [7, 11) is 0. The maximum Gasteiger partial charge on any atom is 0.418 e. The highest BCUT2D eigenvalue weighted by Crippen LogP contribution is 2.41. The largest absolute Gasteiger partial charge is 0.418 e. The van der Waals surface area contributed by atoms with Crippen LogP contribution < -0.4 is 5.32 Å². The molecule has 3 nitrogen and oxygen atoms in total. The maximum absolute atomic E-state index is 13.8. The topological polar surface area (TPSA) is 42.0 Å². The van der Waals surface area contributed by atoms with Gasteiger partial charge in [-0.05, 0) is 41.5 Å². The molecule has 0 saturated heterocycles. The van der Waals surface area contributed by atoms with Gasteiger partial charge in [-0.2, -0.15) is 26.3 Å². The molecule has 33 heavy (non-hydrogen) atoms. The Morgan fingerprint density at radius 1 is 0.758 bits per heavy atom. The lowest BCUT2D eigenvalue weighted by molar-refractivity contribution is -0.137. The third-order valence-corrected chi connectivity index (χ3v) is 5.01. The molecule has 1 heterocycles. The molecular formula is C24H14F6N2O. The van der Waals surface area contributed by atoms with E-state index in [1.807, 2.05) is 0 Å². The molecule has 4 aromatic rings. The fourth-order valence-electron chi connectivity index (χ4n) is 3.52. The maximum atomic E-state index is 13.8. The summed E-state index contributed by atoms with van der Waals surface area (Å²) in [5, 5.41) is 2.69. The molecule has 3 aromatic carbocycles. The lowest BCUT2D eigenvalue weighted by Crippen LogP contribution is -2.17. The Labute approximate surface area is 183 Å². The Hall–Kier alpha value is -3.88. The molecule has 0 aliphatic rings. The quantitative estimate of drug-likeness (QED) is 0.329. The summed E-state index contributed by atoms with van der Waals surface area (Å²) in [5.41, 5.74) is -2.96. The van der Waals surface area contributed by atoms with E-state index in [0.29, 0.717) is 17.0 Å². The second-order valence-electron chi connectivity index (χ2n) is 7.13. The summed E-state index contributed by atoms with van der Waals surface area (Å²) < 4.78 is 81.5. The van der Waals surface area contributed by atoms with Crippen molar-refractivity contribution in [3.8, 4) is 11.1 Å². The molecular weight excluding hydrogens is 446 g/mol. The number of nitrogens with one attached hydrogen (secondary N) is 1. The van der Waals surface area contributed by atoms with Crippen LogP contribution in [-0.2, 0) is 12.4 Å². The van der Waals surface area contributed by atoms with E-state index in [4.69, 9.17) is 0 Å². The predicted molar refractivity (Wildman–Crippen MR) is 112 cm³/mol. The number of carbonyl (C=O) groups excluding carboxylic acids is 1. The molecule has 0 radical (unpaired) electrons. The third kappa shape index (κ3) is 4.52. The highest BCUT2D eigenvalue weighted by molar-refractivity contribution is 6.12. The number of amides is 1. The molecule has 0 unspecified atom stereocenters. The van der Waals surface area contributed by atoms with Crippen LogP contribution >= 0.6 is 0 Å². The molecule has 1 aromatic heterocycles. The van der Waals surface area contributed by atoms with Crippen molar-refractivity contribution in [2.75, 3.05) is 5.32 Å². The van der Waals surface area contributed by atoms with Gasteiger partial charge in [0.2, 0.25) is 0 Å². The van der Waals surface area contributed by atoms with Crippen LogP contribution in [0, 0.1) is 0 Å². The van der Waals surface area contributed by atoms with Crippen LogP contribution in [0.4, 0.5) is 32.0 Å². The molecule has 0 atom stereocenters. The van der Waals surface area contributed by atoms with Crippen LogP contribution in [0.3, 0.4) is 0 Å². The number of pyridine rings is 1. The zero-order chi connectivity index (χ0) is 23.8. The van der Waals surface area contributed by atoms with Gasteiger partial charge in [0.15, 0.2) is 0 Å². The number of alkyl halides is 6. The van der Waals surface area contributed by atoms with Crippen LogP contribution in [0.15, 0.2) is 79.0 Å². The Balaban J connectivity index is 1.77. The SMILES string of the molecule is O=C(Nc1ccc(-c2ccccc2C(F)(F)F)cc1C(F)(F)F)c1ccnc2ccccc12. The van der Waals surface area contributed by atoms with E-state index in [-0.39, 0.29) is 11.1 Å². The van der Waals surface area contributed by atoms with Crippen molar-refractivity contribution in [2.45, 2.75) is 12.4 Å². The van der Waals surface area contributed by atoms with Crippen molar-refractivity contribution in [1.29, 1.82) is 0 Å². The van der Waals surface area contributed by atoms with Crippen LogP contribution in [0.25, 0.3) is 22.0 Å². The fourth-order valence-corrected chi connectivity index (χ4v) is 3.52. The molecule has 0 saturated carbocycles. The van der Waals surface area contributed by atoms with Crippen molar-refractivity contribution in [2.24, 2.45) is 0 Å². The van der Waals surface area contributed by atoms with E-state index in [1.165, 1.54) is 18.3 Å². The number of rotatable bonds is 3. The van der Waals surface area contributed by atoms with E-state index in [1.54, 1.807) is 24.3 Å². The minimum Gasteiger partial charge on any atom is -0.321 e. The highest BCUT2D eigenvalue weighted by atomic mass is 19.4. The van der Waals surface area contributed by atoms with Gasteiger partial charge in [-0.25, -0.2) is 0 Å². The second kappa shape index (κ2) is 8.23. The third-order valence-electron chi connectivity index (χ3n) is 5.01. The summed E-state index contributed by atoms with van der Waals surface area (Å²) in [6, 6.07) is 15.0. The van der Waals surface area contributed by atoms with Gasteiger partial charge in [0.05, 0.1) is 27.9 Å². The van der Waals surface area contributed by atoms with Crippen molar-refractivity contribution < 1.29 is 31.1 Å². The normalized spacial score (nSPS) is 12.1. The zero-order valence-corrected chi connectivity index (χ0v) is 16.6. The molecule has 1 N–H and O–H groups in total. The molecule has 0 fully saturated rings. The van der Waals surface area contributed by atoms with Gasteiger partial charge in [0.25, 0.3) is 5.91 Å². The summed E-state index contributed by atoms with van der Waals surface area (Å²) >= 11 is 0. The number of para-hydroxylation sites is 1. The van der Waals surface area contributed by atoms with Crippen LogP contribution in [0.1, 0.15) is 21.5 Å². The van der Waals surface area contributed by atoms with E-state index in [2.05, 4.69) is 10.3 Å². The number of hydrogen-bond donors (Lipinski definition) is 1. The van der Waals surface area contributed by atoms with Gasteiger partial charge in [-0.3, -0.25) is 9.78 Å². The monoisotopic (exact) mass is 460 g/mol. The fraction of sp³-hybridized carbons (Fsp3) is 0.0833. The Bertz CT molecular complexity index is 1340. The highest BCUT2D eigenvalue weighted by Gasteiger charge is 2.36. The molecule has 0 bridgehead atoms. The smallest absolute Gasteiger partial charge is 0.321 e. The van der Waals surface area contributed by atoms with Gasteiger partial charge >= 0.3 is 12.4 Å². The van der Waals surface area contributed by atoms with Crippen molar-refractivity contribution in [3.05, 3.63) is 95.7 Å². The minimum absolute atomic E-state index is 0.111. The molecule has 168 valence electrons. The second-order valence-corrected chi connectivity index (χ2v) is 7.13. The number of fused-ring (bicyclic) bond motifs is 1. The Kier molecular flexibility index (Phi) is 5.57. The summed E-state index contributed by atoms with van der Waals surface area (Å²) in [6.07, 6.45) is -8.31. The Morgan fingerprint density at radius 3 is 2.15 bits per heavy atom. The number of carbonyl (C=O) groups is 1. The van der Waals surface area contributed by atoms with Crippen LogP contribution in [-0.4, -0.2) is 10.9 Å². The van der Waals surface area contributed by atoms with E-state index in [9.17, 15) is 31.1 Å².